The van der Waals surface area contributed by atoms with Gasteiger partial charge in [-0.05, 0) is 35.7 Å². The number of hydrogen-bond donors (Lipinski definition) is 1. The van der Waals surface area contributed by atoms with Gasteiger partial charge in [-0.25, -0.2) is 0 Å². The van der Waals surface area contributed by atoms with E-state index in [1.165, 1.54) is 6.08 Å². The van der Waals surface area contributed by atoms with Crippen molar-refractivity contribution < 1.29 is 13.6 Å². The molecule has 21 heavy (non-hydrogen) atoms. The van der Waals surface area contributed by atoms with Crippen molar-refractivity contribution in [3.05, 3.63) is 65.0 Å². The predicted octanol–water partition coefficient (Wildman–Crippen LogP) is 3.93. The Morgan fingerprint density at radius 3 is 3.00 bits per heavy atom. The fourth-order valence-electron chi connectivity index (χ4n) is 1.81. The maximum Gasteiger partial charge on any atom is 0.244 e. The molecule has 0 aromatic carbocycles. The molecule has 0 bridgehead atoms. The molecule has 0 saturated heterocycles. The highest BCUT2D eigenvalue weighted by molar-refractivity contribution is 7.08. The summed E-state index contributed by atoms with van der Waals surface area (Å²) in [6, 6.07) is 7.56. The molecule has 0 aliphatic carbocycles. The molecule has 0 aliphatic heterocycles. The molecular formula is C16H13NO3S. The topological polar surface area (TPSA) is 55.4 Å². The van der Waals surface area contributed by atoms with Crippen LogP contribution in [0.4, 0.5) is 0 Å². The van der Waals surface area contributed by atoms with E-state index in [1.54, 1.807) is 36.0 Å². The molecule has 0 unspecified atom stereocenters. The lowest BCUT2D eigenvalue weighted by Gasteiger charge is -1.98. The molecule has 0 saturated carbocycles. The van der Waals surface area contributed by atoms with Gasteiger partial charge in [-0.3, -0.25) is 4.79 Å². The van der Waals surface area contributed by atoms with E-state index < -0.39 is 0 Å². The Kier molecular flexibility index (Phi) is 4.02. The van der Waals surface area contributed by atoms with Crippen molar-refractivity contribution in [1.29, 1.82) is 0 Å². The zero-order valence-corrected chi connectivity index (χ0v) is 11.9. The molecule has 0 fully saturated rings. The first-order valence-electron chi connectivity index (χ1n) is 6.41. The second-order valence-electron chi connectivity index (χ2n) is 4.39. The van der Waals surface area contributed by atoms with Gasteiger partial charge in [-0.2, -0.15) is 11.3 Å². The second-order valence-corrected chi connectivity index (χ2v) is 5.17. The Morgan fingerprint density at radius 1 is 1.29 bits per heavy atom. The number of thiophene rings is 1. The zero-order valence-electron chi connectivity index (χ0n) is 11.1. The van der Waals surface area contributed by atoms with Crippen LogP contribution in [0.3, 0.4) is 0 Å². The average molecular weight is 299 g/mol. The van der Waals surface area contributed by atoms with Gasteiger partial charge in [-0.1, -0.05) is 0 Å². The van der Waals surface area contributed by atoms with Crippen molar-refractivity contribution in [1.82, 2.24) is 5.32 Å². The Morgan fingerprint density at radius 2 is 2.24 bits per heavy atom. The maximum absolute atomic E-state index is 11.7. The fraction of sp³-hybridized carbons (Fsp3) is 0.0625. The van der Waals surface area contributed by atoms with Crippen molar-refractivity contribution in [2.24, 2.45) is 0 Å². The molecule has 5 heteroatoms. The molecule has 0 spiro atoms. The van der Waals surface area contributed by atoms with E-state index in [-0.39, 0.29) is 5.91 Å². The lowest BCUT2D eigenvalue weighted by atomic mass is 10.3. The van der Waals surface area contributed by atoms with Crippen LogP contribution >= 0.6 is 11.3 Å². The first-order valence-corrected chi connectivity index (χ1v) is 7.35. The summed E-state index contributed by atoms with van der Waals surface area (Å²) in [4.78, 5) is 11.7. The van der Waals surface area contributed by atoms with Crippen LogP contribution < -0.4 is 5.32 Å². The summed E-state index contributed by atoms with van der Waals surface area (Å²) in [7, 11) is 0. The number of hydrogen-bond acceptors (Lipinski definition) is 4. The molecule has 106 valence electrons. The molecule has 0 atom stereocenters. The fourth-order valence-corrected chi connectivity index (χ4v) is 2.45. The first kappa shape index (κ1) is 13.5. The number of carbonyl (C=O) groups is 1. The molecule has 3 rings (SSSR count). The van der Waals surface area contributed by atoms with Gasteiger partial charge < -0.3 is 14.2 Å². The number of amides is 1. The monoisotopic (exact) mass is 299 g/mol. The number of carbonyl (C=O) groups excluding carboxylic acids is 1. The van der Waals surface area contributed by atoms with Gasteiger partial charge in [0, 0.05) is 22.6 Å². The second kappa shape index (κ2) is 6.28. The molecule has 3 aromatic rings. The molecular weight excluding hydrogens is 286 g/mol. The molecule has 0 radical (unpaired) electrons. The summed E-state index contributed by atoms with van der Waals surface area (Å²) >= 11 is 1.62. The summed E-state index contributed by atoms with van der Waals surface area (Å²) in [5, 5.41) is 6.80. The largest absolute Gasteiger partial charge is 0.472 e. The highest BCUT2D eigenvalue weighted by Crippen LogP contribution is 2.24. The third kappa shape index (κ3) is 3.52. The Hall–Kier alpha value is -2.53. The van der Waals surface area contributed by atoms with Crippen LogP contribution in [-0.2, 0) is 11.3 Å². The number of furan rings is 2. The van der Waals surface area contributed by atoms with Crippen LogP contribution in [0.5, 0.6) is 0 Å². The summed E-state index contributed by atoms with van der Waals surface area (Å²) < 4.78 is 10.6. The van der Waals surface area contributed by atoms with Gasteiger partial charge in [0.05, 0.1) is 19.1 Å². The minimum atomic E-state index is -0.176. The van der Waals surface area contributed by atoms with E-state index in [4.69, 9.17) is 8.83 Å². The summed E-state index contributed by atoms with van der Waals surface area (Å²) in [6.07, 6.45) is 6.29. The highest BCUT2D eigenvalue weighted by atomic mass is 32.1. The third-order valence-electron chi connectivity index (χ3n) is 2.87. The number of rotatable bonds is 5. The Balaban J connectivity index is 1.54. The van der Waals surface area contributed by atoms with E-state index in [1.807, 2.05) is 29.0 Å². The minimum absolute atomic E-state index is 0.176. The first-order chi connectivity index (χ1) is 10.3. The van der Waals surface area contributed by atoms with E-state index in [0.717, 1.165) is 22.6 Å². The van der Waals surface area contributed by atoms with E-state index >= 15 is 0 Å². The molecule has 1 N–H and O–H groups in total. The van der Waals surface area contributed by atoms with Gasteiger partial charge in [0.1, 0.15) is 11.5 Å². The predicted molar refractivity (Wildman–Crippen MR) is 81.6 cm³/mol. The van der Waals surface area contributed by atoms with Crippen molar-refractivity contribution in [3.8, 4) is 11.3 Å². The summed E-state index contributed by atoms with van der Waals surface area (Å²) in [6.45, 7) is 0.360. The van der Waals surface area contributed by atoms with Gasteiger partial charge in [-0.15, -0.1) is 0 Å². The van der Waals surface area contributed by atoms with Crippen molar-refractivity contribution in [3.63, 3.8) is 0 Å². The van der Waals surface area contributed by atoms with Gasteiger partial charge >= 0.3 is 0 Å². The maximum atomic E-state index is 11.7. The minimum Gasteiger partial charge on any atom is -0.472 e. The lowest BCUT2D eigenvalue weighted by Crippen LogP contribution is -2.19. The molecule has 3 aromatic heterocycles. The average Bonchev–Trinajstić information content (AvgIpc) is 3.24. The van der Waals surface area contributed by atoms with E-state index in [0.29, 0.717) is 6.54 Å². The molecule has 3 heterocycles. The van der Waals surface area contributed by atoms with Gasteiger partial charge in [0.25, 0.3) is 0 Å². The van der Waals surface area contributed by atoms with Crippen LogP contribution in [0.1, 0.15) is 11.3 Å². The van der Waals surface area contributed by atoms with E-state index in [9.17, 15) is 4.79 Å². The Bertz CT molecular complexity index is 724. The number of nitrogens with one attached hydrogen (secondary N) is 1. The van der Waals surface area contributed by atoms with Gasteiger partial charge in [0.2, 0.25) is 5.91 Å². The van der Waals surface area contributed by atoms with Crippen LogP contribution in [0.15, 0.2) is 62.5 Å². The lowest BCUT2D eigenvalue weighted by molar-refractivity contribution is -0.116. The normalized spacial score (nSPS) is 11.0. The quantitative estimate of drug-likeness (QED) is 0.726. The van der Waals surface area contributed by atoms with Crippen LogP contribution in [0.25, 0.3) is 17.4 Å². The third-order valence-corrected chi connectivity index (χ3v) is 3.56. The van der Waals surface area contributed by atoms with E-state index in [2.05, 4.69) is 5.32 Å². The smallest absolute Gasteiger partial charge is 0.244 e. The van der Waals surface area contributed by atoms with Crippen molar-refractivity contribution >= 4 is 23.3 Å². The van der Waals surface area contributed by atoms with Crippen molar-refractivity contribution in [2.45, 2.75) is 6.54 Å². The Labute approximate surface area is 125 Å². The summed E-state index contributed by atoms with van der Waals surface area (Å²) in [5.41, 5.74) is 1.90. The highest BCUT2D eigenvalue weighted by Gasteiger charge is 2.05. The van der Waals surface area contributed by atoms with Crippen molar-refractivity contribution in [2.75, 3.05) is 0 Å². The summed E-state index contributed by atoms with van der Waals surface area (Å²) in [5.74, 6) is 1.36. The van der Waals surface area contributed by atoms with Crippen LogP contribution in [0.2, 0.25) is 0 Å². The van der Waals surface area contributed by atoms with Crippen LogP contribution in [-0.4, -0.2) is 5.91 Å². The molecule has 4 nitrogen and oxygen atoms in total. The molecule has 1 amide bonds. The van der Waals surface area contributed by atoms with Crippen LogP contribution in [0, 0.1) is 0 Å². The van der Waals surface area contributed by atoms with Gasteiger partial charge in [0.15, 0.2) is 0 Å². The zero-order chi connectivity index (χ0) is 14.5. The SMILES string of the molecule is O=C(C=Cc1ccoc1)NCc1ccc(-c2ccsc2)o1. The molecule has 0 aliphatic rings. The standard InChI is InChI=1S/C16H13NO3S/c18-16(4-1-12-5-7-19-10-12)17-9-14-2-3-15(20-14)13-6-8-21-11-13/h1-8,10-11H,9H2,(H,17,18).